The fraction of sp³-hybridized carbons (Fsp3) is 0.196. The fourth-order valence-electron chi connectivity index (χ4n) is 11.4. The van der Waals surface area contributed by atoms with Gasteiger partial charge in [-0.1, -0.05) is 115 Å². The van der Waals surface area contributed by atoms with Crippen LogP contribution in [0.3, 0.4) is 0 Å². The maximum atomic E-state index is 5.16. The Labute approximate surface area is 326 Å². The van der Waals surface area contributed by atoms with Gasteiger partial charge in [0.1, 0.15) is 0 Å². The summed E-state index contributed by atoms with van der Waals surface area (Å²) < 4.78 is 0. The number of para-hydroxylation sites is 1. The van der Waals surface area contributed by atoms with E-state index in [1.165, 1.54) is 54.4 Å². The van der Waals surface area contributed by atoms with Gasteiger partial charge in [-0.3, -0.25) is 0 Å². The Kier molecular flexibility index (Phi) is 7.04. The standard InChI is InChI=1S/C51H39N5/c1-3-11-33(12-4-1)48-54-49(34-13-5-2-6-14-34)56-50(55-48)39-27-37(26-38(28-39)47-52-30-36-15-7-10-18-46(36)53-47)35-19-20-43-42-16-8-9-17-44(42)51(45(43)29-35)40-22-31-21-32(24-40)25-41(51)23-31/h1-20,26-32,40-41H,21-25H2. The molecule has 2 aromatic heterocycles. The summed E-state index contributed by atoms with van der Waals surface area (Å²) in [7, 11) is 0. The van der Waals surface area contributed by atoms with E-state index in [2.05, 4.69) is 97.1 Å². The molecule has 0 N–H and O–H groups in total. The van der Waals surface area contributed by atoms with Crippen LogP contribution in [0.4, 0.5) is 0 Å². The van der Waals surface area contributed by atoms with E-state index in [9.17, 15) is 0 Å². The second kappa shape index (κ2) is 12.3. The Bertz CT molecular complexity index is 2740. The molecule has 5 aliphatic rings. The molecular weight excluding hydrogens is 683 g/mol. The first-order valence-corrected chi connectivity index (χ1v) is 20.2. The summed E-state index contributed by atoms with van der Waals surface area (Å²) in [5.41, 5.74) is 13.0. The maximum Gasteiger partial charge on any atom is 0.164 e. The van der Waals surface area contributed by atoms with E-state index in [0.29, 0.717) is 35.1 Å². The molecule has 4 fully saturated rings. The van der Waals surface area contributed by atoms with Gasteiger partial charge in [0.15, 0.2) is 23.3 Å². The van der Waals surface area contributed by atoms with Crippen LogP contribution in [0.2, 0.25) is 0 Å². The zero-order valence-electron chi connectivity index (χ0n) is 31.0. The van der Waals surface area contributed by atoms with Gasteiger partial charge in [0.05, 0.1) is 5.52 Å². The van der Waals surface area contributed by atoms with Crippen molar-refractivity contribution < 1.29 is 0 Å². The van der Waals surface area contributed by atoms with Gasteiger partial charge in [-0.25, -0.2) is 24.9 Å². The Morgan fingerprint density at radius 1 is 0.393 bits per heavy atom. The van der Waals surface area contributed by atoms with Gasteiger partial charge in [-0.05, 0) is 119 Å². The second-order valence-corrected chi connectivity index (χ2v) is 16.6. The summed E-state index contributed by atoms with van der Waals surface area (Å²) in [6.07, 6.45) is 8.80. The van der Waals surface area contributed by atoms with Crippen molar-refractivity contribution in [3.63, 3.8) is 0 Å². The van der Waals surface area contributed by atoms with Crippen molar-refractivity contribution in [3.05, 3.63) is 163 Å². The number of hydrogen-bond donors (Lipinski definition) is 0. The lowest BCUT2D eigenvalue weighted by Crippen LogP contribution is -2.55. The summed E-state index contributed by atoms with van der Waals surface area (Å²) in [6.45, 7) is 0. The quantitative estimate of drug-likeness (QED) is 0.177. The first kappa shape index (κ1) is 32.0. The smallest absolute Gasteiger partial charge is 0.164 e. The van der Waals surface area contributed by atoms with E-state index in [0.717, 1.165) is 50.6 Å². The molecule has 56 heavy (non-hydrogen) atoms. The van der Waals surface area contributed by atoms with Crippen molar-refractivity contribution in [3.8, 4) is 67.8 Å². The molecule has 0 amide bonds. The van der Waals surface area contributed by atoms with Crippen LogP contribution < -0.4 is 0 Å². The Morgan fingerprint density at radius 3 is 1.64 bits per heavy atom. The van der Waals surface area contributed by atoms with Crippen LogP contribution in [-0.4, -0.2) is 24.9 Å². The van der Waals surface area contributed by atoms with Crippen molar-refractivity contribution in [2.45, 2.75) is 37.5 Å². The molecule has 5 nitrogen and oxygen atoms in total. The molecular formula is C51H39N5. The highest BCUT2D eigenvalue weighted by Crippen LogP contribution is 2.69. The zero-order chi connectivity index (χ0) is 36.8. The molecule has 5 heteroatoms. The second-order valence-electron chi connectivity index (χ2n) is 16.6. The van der Waals surface area contributed by atoms with Gasteiger partial charge in [-0.2, -0.15) is 0 Å². The summed E-state index contributed by atoms with van der Waals surface area (Å²) in [5.74, 6) is 5.76. The fourth-order valence-corrected chi connectivity index (χ4v) is 11.4. The van der Waals surface area contributed by atoms with E-state index in [4.69, 9.17) is 24.9 Å². The maximum absolute atomic E-state index is 5.16. The van der Waals surface area contributed by atoms with Gasteiger partial charge in [0.25, 0.3) is 0 Å². The molecule has 1 spiro atoms. The molecule has 2 heterocycles. The third-order valence-electron chi connectivity index (χ3n) is 13.5. The predicted molar refractivity (Wildman–Crippen MR) is 223 cm³/mol. The van der Waals surface area contributed by atoms with Crippen LogP contribution >= 0.6 is 0 Å². The highest BCUT2D eigenvalue weighted by molar-refractivity contribution is 5.87. The van der Waals surface area contributed by atoms with Gasteiger partial charge >= 0.3 is 0 Å². The minimum absolute atomic E-state index is 0.0840. The first-order valence-electron chi connectivity index (χ1n) is 20.2. The minimum Gasteiger partial charge on any atom is -0.236 e. The molecule has 0 atom stereocenters. The molecule has 0 saturated heterocycles. The summed E-state index contributed by atoms with van der Waals surface area (Å²) in [5, 5.41) is 1.02. The number of fused-ring (bicyclic) bond motifs is 4. The predicted octanol–water partition coefficient (Wildman–Crippen LogP) is 11.9. The zero-order valence-corrected chi connectivity index (χ0v) is 31.0. The number of aromatic nitrogens is 5. The number of rotatable bonds is 5. The lowest BCUT2D eigenvalue weighted by molar-refractivity contribution is -0.0399. The van der Waals surface area contributed by atoms with Gasteiger partial charge in [0, 0.05) is 39.3 Å². The monoisotopic (exact) mass is 721 g/mol. The Balaban J connectivity index is 1.07. The summed E-state index contributed by atoms with van der Waals surface area (Å²) >= 11 is 0. The average molecular weight is 722 g/mol. The molecule has 0 unspecified atom stereocenters. The highest BCUT2D eigenvalue weighted by Gasteiger charge is 2.61. The minimum atomic E-state index is 0.0840. The molecule has 4 saturated carbocycles. The molecule has 0 aliphatic heterocycles. The van der Waals surface area contributed by atoms with E-state index in [1.807, 2.05) is 54.7 Å². The third-order valence-corrected chi connectivity index (χ3v) is 13.5. The number of nitrogens with zero attached hydrogens (tertiary/aromatic N) is 5. The number of hydrogen-bond acceptors (Lipinski definition) is 5. The molecule has 268 valence electrons. The summed E-state index contributed by atoms with van der Waals surface area (Å²) in [6, 6.07) is 51.9. The van der Waals surface area contributed by atoms with Gasteiger partial charge in [-0.15, -0.1) is 0 Å². The van der Waals surface area contributed by atoms with E-state index in [1.54, 1.807) is 5.56 Å². The highest BCUT2D eigenvalue weighted by atomic mass is 15.0. The molecule has 8 aromatic rings. The summed E-state index contributed by atoms with van der Waals surface area (Å²) in [4.78, 5) is 25.3. The van der Waals surface area contributed by atoms with E-state index >= 15 is 0 Å². The van der Waals surface area contributed by atoms with Crippen molar-refractivity contribution >= 4 is 10.9 Å². The van der Waals surface area contributed by atoms with Crippen molar-refractivity contribution in [2.75, 3.05) is 0 Å². The van der Waals surface area contributed by atoms with Crippen LogP contribution in [-0.2, 0) is 5.41 Å². The average Bonchev–Trinajstić information content (AvgIpc) is 3.55. The normalized spacial score (nSPS) is 22.7. The largest absolute Gasteiger partial charge is 0.236 e. The number of benzene rings is 6. The van der Waals surface area contributed by atoms with Crippen LogP contribution in [0.15, 0.2) is 152 Å². The Hall–Kier alpha value is -6.33. The van der Waals surface area contributed by atoms with Crippen LogP contribution in [0.25, 0.3) is 78.7 Å². The molecule has 4 bridgehead atoms. The van der Waals surface area contributed by atoms with Gasteiger partial charge < -0.3 is 0 Å². The lowest BCUT2D eigenvalue weighted by Gasteiger charge is -2.61. The SMILES string of the molecule is c1ccc(-c2nc(-c3ccccc3)nc(-c3cc(-c4ccc5c(c4)C4(c6ccccc6-5)C5CC6CC(C5)CC4C6)cc(-c4ncc5ccccc5n4)c3)n2)cc1. The van der Waals surface area contributed by atoms with Crippen molar-refractivity contribution in [1.82, 2.24) is 24.9 Å². The first-order chi connectivity index (χ1) is 27.7. The van der Waals surface area contributed by atoms with Crippen molar-refractivity contribution in [1.29, 1.82) is 0 Å². The molecule has 0 radical (unpaired) electrons. The topological polar surface area (TPSA) is 64.5 Å². The van der Waals surface area contributed by atoms with E-state index in [-0.39, 0.29) is 5.41 Å². The third kappa shape index (κ3) is 4.89. The molecule has 6 aromatic carbocycles. The van der Waals surface area contributed by atoms with Crippen LogP contribution in [0, 0.1) is 23.7 Å². The lowest BCUT2D eigenvalue weighted by atomic mass is 9.43. The van der Waals surface area contributed by atoms with E-state index < -0.39 is 0 Å². The van der Waals surface area contributed by atoms with Crippen molar-refractivity contribution in [2.24, 2.45) is 23.7 Å². The van der Waals surface area contributed by atoms with Gasteiger partial charge in [0.2, 0.25) is 0 Å². The van der Waals surface area contributed by atoms with Crippen LogP contribution in [0.5, 0.6) is 0 Å². The molecule has 13 rings (SSSR count). The van der Waals surface area contributed by atoms with Crippen LogP contribution in [0.1, 0.15) is 43.2 Å². The molecule has 5 aliphatic carbocycles. The Morgan fingerprint density at radius 2 is 0.946 bits per heavy atom.